The summed E-state index contributed by atoms with van der Waals surface area (Å²) in [6.07, 6.45) is 1.45. The Labute approximate surface area is 130 Å². The predicted octanol–water partition coefficient (Wildman–Crippen LogP) is 3.66. The van der Waals surface area contributed by atoms with Crippen molar-refractivity contribution in [3.05, 3.63) is 47.7 Å². The topological polar surface area (TPSA) is 68.0 Å². The maximum Gasteiger partial charge on any atom is 0.336 e. The second-order valence-corrected chi connectivity index (χ2v) is 5.41. The number of carboxylic acids is 1. The van der Waals surface area contributed by atoms with Crippen molar-refractivity contribution in [1.29, 1.82) is 0 Å². The lowest BCUT2D eigenvalue weighted by Crippen LogP contribution is -2.05. The molecular weight excluding hydrogens is 304 g/mol. The third kappa shape index (κ3) is 2.54. The molecule has 0 aliphatic carbocycles. The average Bonchev–Trinajstić information content (AvgIpc) is 2.92. The molecule has 0 bridgehead atoms. The van der Waals surface area contributed by atoms with Crippen LogP contribution in [0.1, 0.15) is 30.2 Å². The second-order valence-electron chi connectivity index (χ2n) is 5.41. The predicted molar refractivity (Wildman–Crippen MR) is 80.2 cm³/mol. The van der Waals surface area contributed by atoms with Crippen LogP contribution in [0.4, 0.5) is 8.78 Å². The summed E-state index contributed by atoms with van der Waals surface area (Å²) >= 11 is 0. The molecule has 0 radical (unpaired) electrons. The van der Waals surface area contributed by atoms with Crippen molar-refractivity contribution in [2.45, 2.75) is 19.9 Å². The minimum Gasteiger partial charge on any atom is -0.478 e. The van der Waals surface area contributed by atoms with E-state index in [9.17, 15) is 18.7 Å². The number of fused-ring (bicyclic) bond motifs is 1. The summed E-state index contributed by atoms with van der Waals surface area (Å²) in [4.78, 5) is 15.9. The van der Waals surface area contributed by atoms with Gasteiger partial charge in [0.15, 0.2) is 17.3 Å². The number of aromatic carboxylic acids is 1. The van der Waals surface area contributed by atoms with Crippen LogP contribution in [-0.2, 0) is 0 Å². The molecule has 0 atom stereocenters. The summed E-state index contributed by atoms with van der Waals surface area (Å²) in [5.41, 5.74) is 0.947. The van der Waals surface area contributed by atoms with Crippen LogP contribution in [0.2, 0.25) is 0 Å². The van der Waals surface area contributed by atoms with Crippen LogP contribution < -0.4 is 0 Å². The van der Waals surface area contributed by atoms with E-state index in [4.69, 9.17) is 0 Å². The zero-order chi connectivity index (χ0) is 16.7. The van der Waals surface area contributed by atoms with Crippen molar-refractivity contribution in [3.63, 3.8) is 0 Å². The van der Waals surface area contributed by atoms with Gasteiger partial charge in [-0.05, 0) is 38.1 Å². The van der Waals surface area contributed by atoms with E-state index in [0.29, 0.717) is 16.6 Å². The standard InChI is InChI=1S/C16H13F2N3O2/c1-8(2)21-15-11(7-19-21)10(16(22)23)6-14(20-15)9-3-4-12(17)13(18)5-9/h3-8H,1-2H3,(H,22,23). The number of nitrogens with zero attached hydrogens (tertiary/aromatic N) is 3. The molecule has 0 aliphatic heterocycles. The van der Waals surface area contributed by atoms with Gasteiger partial charge in [-0.2, -0.15) is 5.10 Å². The fourth-order valence-electron chi connectivity index (χ4n) is 2.38. The number of benzene rings is 1. The molecule has 118 valence electrons. The molecule has 1 N–H and O–H groups in total. The van der Waals surface area contributed by atoms with Gasteiger partial charge in [0.2, 0.25) is 0 Å². The molecule has 0 fully saturated rings. The molecule has 0 saturated heterocycles. The fraction of sp³-hybridized carbons (Fsp3) is 0.188. The first-order valence-electron chi connectivity index (χ1n) is 6.95. The van der Waals surface area contributed by atoms with Crippen LogP contribution in [0.5, 0.6) is 0 Å². The Morgan fingerprint density at radius 1 is 1.22 bits per heavy atom. The average molecular weight is 317 g/mol. The Morgan fingerprint density at radius 2 is 1.96 bits per heavy atom. The molecule has 5 nitrogen and oxygen atoms in total. The molecule has 0 spiro atoms. The van der Waals surface area contributed by atoms with Crippen molar-refractivity contribution < 1.29 is 18.7 Å². The zero-order valence-corrected chi connectivity index (χ0v) is 12.4. The highest BCUT2D eigenvalue weighted by Crippen LogP contribution is 2.27. The van der Waals surface area contributed by atoms with Gasteiger partial charge in [0.05, 0.1) is 22.8 Å². The van der Waals surface area contributed by atoms with Gasteiger partial charge in [-0.25, -0.2) is 23.2 Å². The summed E-state index contributed by atoms with van der Waals surface area (Å²) in [7, 11) is 0. The molecule has 7 heteroatoms. The lowest BCUT2D eigenvalue weighted by molar-refractivity contribution is 0.0699. The molecule has 0 unspecified atom stereocenters. The van der Waals surface area contributed by atoms with Gasteiger partial charge in [0.25, 0.3) is 0 Å². The lowest BCUT2D eigenvalue weighted by Gasteiger charge is -2.09. The number of carbonyl (C=O) groups is 1. The Balaban J connectivity index is 2.30. The Kier molecular flexibility index (Phi) is 3.55. The first kappa shape index (κ1) is 15.1. The minimum atomic E-state index is -1.13. The highest BCUT2D eigenvalue weighted by Gasteiger charge is 2.18. The third-order valence-electron chi connectivity index (χ3n) is 3.50. The molecule has 2 heterocycles. The maximum atomic E-state index is 13.4. The van der Waals surface area contributed by atoms with E-state index in [1.807, 2.05) is 13.8 Å². The lowest BCUT2D eigenvalue weighted by atomic mass is 10.1. The molecule has 3 rings (SSSR count). The van der Waals surface area contributed by atoms with Gasteiger partial charge in [-0.1, -0.05) is 0 Å². The smallest absolute Gasteiger partial charge is 0.336 e. The van der Waals surface area contributed by atoms with Gasteiger partial charge >= 0.3 is 5.97 Å². The Morgan fingerprint density at radius 3 is 2.57 bits per heavy atom. The zero-order valence-electron chi connectivity index (χ0n) is 12.4. The highest BCUT2D eigenvalue weighted by molar-refractivity contribution is 6.02. The van der Waals surface area contributed by atoms with E-state index in [0.717, 1.165) is 12.1 Å². The highest BCUT2D eigenvalue weighted by atomic mass is 19.2. The first-order chi connectivity index (χ1) is 10.9. The van der Waals surface area contributed by atoms with Crippen LogP contribution in [-0.4, -0.2) is 25.8 Å². The molecule has 3 aromatic rings. The monoisotopic (exact) mass is 317 g/mol. The number of hydrogen-bond acceptors (Lipinski definition) is 3. The van der Waals surface area contributed by atoms with Crippen molar-refractivity contribution in [2.24, 2.45) is 0 Å². The second kappa shape index (κ2) is 5.42. The minimum absolute atomic E-state index is 0.0154. The van der Waals surface area contributed by atoms with Crippen molar-refractivity contribution in [2.75, 3.05) is 0 Å². The largest absolute Gasteiger partial charge is 0.478 e. The van der Waals surface area contributed by atoms with Gasteiger partial charge in [-0.3, -0.25) is 0 Å². The number of carboxylic acid groups (broad SMARTS) is 1. The summed E-state index contributed by atoms with van der Waals surface area (Å²) in [6, 6.07) is 4.64. The summed E-state index contributed by atoms with van der Waals surface area (Å²) in [5.74, 6) is -3.12. The third-order valence-corrected chi connectivity index (χ3v) is 3.50. The van der Waals surface area contributed by atoms with E-state index in [1.54, 1.807) is 4.68 Å². The number of aromatic nitrogens is 3. The maximum absolute atomic E-state index is 13.4. The van der Waals surface area contributed by atoms with Crippen LogP contribution in [0.15, 0.2) is 30.5 Å². The van der Waals surface area contributed by atoms with Crippen LogP contribution in [0.25, 0.3) is 22.3 Å². The normalized spacial score (nSPS) is 11.3. The molecule has 0 amide bonds. The van der Waals surface area contributed by atoms with E-state index in [2.05, 4.69) is 10.1 Å². The Bertz CT molecular complexity index is 919. The number of rotatable bonds is 3. The number of hydrogen-bond donors (Lipinski definition) is 1. The van der Waals surface area contributed by atoms with E-state index >= 15 is 0 Å². The van der Waals surface area contributed by atoms with Gasteiger partial charge in [0, 0.05) is 11.6 Å². The quantitative estimate of drug-likeness (QED) is 0.800. The summed E-state index contributed by atoms with van der Waals surface area (Å²) in [6.45, 7) is 3.78. The number of pyridine rings is 1. The van der Waals surface area contributed by atoms with Crippen molar-refractivity contribution in [1.82, 2.24) is 14.8 Å². The molecular formula is C16H13F2N3O2. The molecule has 0 aliphatic rings. The van der Waals surface area contributed by atoms with E-state index in [1.165, 1.54) is 18.3 Å². The summed E-state index contributed by atoms with van der Waals surface area (Å²) in [5, 5.41) is 14.0. The Hall–Kier alpha value is -2.83. The summed E-state index contributed by atoms with van der Waals surface area (Å²) < 4.78 is 28.1. The van der Waals surface area contributed by atoms with Crippen molar-refractivity contribution >= 4 is 17.0 Å². The van der Waals surface area contributed by atoms with E-state index in [-0.39, 0.29) is 17.3 Å². The molecule has 0 saturated carbocycles. The van der Waals surface area contributed by atoms with Crippen LogP contribution in [0.3, 0.4) is 0 Å². The number of halogens is 2. The fourth-order valence-corrected chi connectivity index (χ4v) is 2.38. The van der Waals surface area contributed by atoms with Crippen LogP contribution >= 0.6 is 0 Å². The first-order valence-corrected chi connectivity index (χ1v) is 6.95. The van der Waals surface area contributed by atoms with Gasteiger partial charge in [0.1, 0.15) is 0 Å². The van der Waals surface area contributed by atoms with Crippen LogP contribution in [0, 0.1) is 11.6 Å². The van der Waals surface area contributed by atoms with E-state index < -0.39 is 17.6 Å². The molecule has 2 aromatic heterocycles. The van der Waals surface area contributed by atoms with Gasteiger partial charge in [-0.15, -0.1) is 0 Å². The molecule has 23 heavy (non-hydrogen) atoms. The van der Waals surface area contributed by atoms with Crippen molar-refractivity contribution in [3.8, 4) is 11.3 Å². The molecule has 1 aromatic carbocycles. The SMILES string of the molecule is CC(C)n1ncc2c(C(=O)O)cc(-c3ccc(F)c(F)c3)nc21. The van der Waals surface area contributed by atoms with Gasteiger partial charge < -0.3 is 5.11 Å².